The minimum absolute atomic E-state index is 0.494. The van der Waals surface area contributed by atoms with Crippen molar-refractivity contribution < 1.29 is 0 Å². The molecule has 0 saturated heterocycles. The summed E-state index contributed by atoms with van der Waals surface area (Å²) in [5, 5.41) is 0. The van der Waals surface area contributed by atoms with Gasteiger partial charge in [0.2, 0.25) is 0 Å². The van der Waals surface area contributed by atoms with Crippen LogP contribution in [0.15, 0.2) is 0 Å². The van der Waals surface area contributed by atoms with Crippen molar-refractivity contribution in [2.75, 3.05) is 17.3 Å². The summed E-state index contributed by atoms with van der Waals surface area (Å²) >= 11 is 4.29. The number of halogens is 1. The van der Waals surface area contributed by atoms with E-state index in [0.717, 1.165) is 0 Å². The maximum absolute atomic E-state index is 4.29. The van der Waals surface area contributed by atoms with Crippen LogP contribution < -0.4 is 0 Å². The third kappa shape index (κ3) is 16.3. The van der Waals surface area contributed by atoms with E-state index in [0.29, 0.717) is 0 Å². The Morgan fingerprint density at radius 2 is 0.667 bits per heavy atom. The van der Waals surface area contributed by atoms with Crippen LogP contribution in [-0.2, 0) is 0 Å². The molecule has 0 spiro atoms. The minimum atomic E-state index is -0.494. The van der Waals surface area contributed by atoms with E-state index in [1.54, 1.807) is 0 Å². The molecule has 0 rings (SSSR count). The first-order valence-corrected chi connectivity index (χ1v) is 15.1. The summed E-state index contributed by atoms with van der Waals surface area (Å²) in [6.45, 7) is 6.94. The highest BCUT2D eigenvalue weighted by Gasteiger charge is 2.19. The normalized spacial score (nSPS) is 12.7. The fourth-order valence-electron chi connectivity index (χ4n) is 3.38. The molecule has 0 bridgehead atoms. The average molecular weight is 424 g/mol. The molecule has 0 unspecified atom stereocenters. The lowest BCUT2D eigenvalue weighted by atomic mass is 10.1. The third-order valence-electron chi connectivity index (χ3n) is 5.09. The highest BCUT2D eigenvalue weighted by Crippen LogP contribution is 2.57. The van der Waals surface area contributed by atoms with E-state index >= 15 is 0 Å². The van der Waals surface area contributed by atoms with Gasteiger partial charge in [-0.15, -0.1) is 0 Å². The zero-order valence-corrected chi connectivity index (χ0v) is 19.6. The van der Waals surface area contributed by atoms with Crippen molar-refractivity contribution >= 4 is 23.3 Å². The average Bonchev–Trinajstić information content (AvgIpc) is 2.58. The fraction of sp³-hybridized carbons (Fsp3) is 1.00. The van der Waals surface area contributed by atoms with Gasteiger partial charge in [0.25, 0.3) is 0 Å². The number of unbranched alkanes of at least 4 members (excludes halogenated alkanes) is 13. The molecule has 0 nitrogen and oxygen atoms in total. The minimum Gasteiger partial charge on any atom is -0.183 e. The van der Waals surface area contributed by atoms with Crippen molar-refractivity contribution in [3.63, 3.8) is 0 Å². The molecular formula is C22H47BrS. The van der Waals surface area contributed by atoms with Gasteiger partial charge in [-0.25, -0.2) is 0 Å². The van der Waals surface area contributed by atoms with Gasteiger partial charge >= 0.3 is 0 Å². The molecular weight excluding hydrogens is 376 g/mol. The molecule has 0 aromatic heterocycles. The molecule has 0 N–H and O–H groups in total. The molecule has 0 amide bonds. The lowest BCUT2D eigenvalue weighted by Gasteiger charge is -2.34. The van der Waals surface area contributed by atoms with Gasteiger partial charge in [-0.05, 0) is 51.3 Å². The first kappa shape index (κ1) is 24.8. The molecule has 0 aliphatic heterocycles. The second kappa shape index (κ2) is 18.6. The lowest BCUT2D eigenvalue weighted by molar-refractivity contribution is 0.625. The van der Waals surface area contributed by atoms with E-state index in [4.69, 9.17) is 0 Å². The van der Waals surface area contributed by atoms with Gasteiger partial charge in [0.05, 0.1) is 0 Å². The Hall–Kier alpha value is 0.830. The van der Waals surface area contributed by atoms with Crippen molar-refractivity contribution in [3.8, 4) is 0 Å². The van der Waals surface area contributed by atoms with Crippen LogP contribution in [0, 0.1) is 0 Å². The van der Waals surface area contributed by atoms with Gasteiger partial charge in [0, 0.05) is 0 Å². The van der Waals surface area contributed by atoms with Crippen molar-refractivity contribution in [1.82, 2.24) is 0 Å². The largest absolute Gasteiger partial charge is 0.183 e. The Balaban J connectivity index is 4.00. The van der Waals surface area contributed by atoms with Crippen LogP contribution in [0.4, 0.5) is 0 Å². The molecule has 0 radical (unpaired) electrons. The van der Waals surface area contributed by atoms with Crippen molar-refractivity contribution in [2.24, 2.45) is 0 Å². The van der Waals surface area contributed by atoms with Crippen LogP contribution in [0.1, 0.15) is 124 Å². The van der Waals surface area contributed by atoms with E-state index in [-0.39, 0.29) is 0 Å². The molecule has 0 atom stereocenters. The lowest BCUT2D eigenvalue weighted by Crippen LogP contribution is -2.08. The van der Waals surface area contributed by atoms with Crippen LogP contribution in [0.2, 0.25) is 0 Å². The van der Waals surface area contributed by atoms with E-state index in [1.165, 1.54) is 120 Å². The summed E-state index contributed by atoms with van der Waals surface area (Å²) in [7, 11) is -0.494. The summed E-state index contributed by atoms with van der Waals surface area (Å²) < 4.78 is 0. The molecule has 0 aromatic rings. The highest BCUT2D eigenvalue weighted by atomic mass is 79.9. The van der Waals surface area contributed by atoms with Gasteiger partial charge in [-0.2, -0.15) is 8.46 Å². The zero-order chi connectivity index (χ0) is 17.9. The number of hydrogen-bond acceptors (Lipinski definition) is 0. The monoisotopic (exact) mass is 422 g/mol. The first-order chi connectivity index (χ1) is 11.7. The van der Waals surface area contributed by atoms with E-state index in [2.05, 4.69) is 35.6 Å². The van der Waals surface area contributed by atoms with E-state index < -0.39 is 8.46 Å². The second-order valence-corrected chi connectivity index (χ2v) is 14.9. The fourth-order valence-corrected chi connectivity index (χ4v) is 8.21. The highest BCUT2D eigenvalue weighted by molar-refractivity contribution is 9.58. The van der Waals surface area contributed by atoms with Crippen LogP contribution in [0.5, 0.6) is 0 Å². The van der Waals surface area contributed by atoms with Gasteiger partial charge in [-0.3, -0.25) is 0 Å². The van der Waals surface area contributed by atoms with Crippen molar-refractivity contribution in [3.05, 3.63) is 0 Å². The second-order valence-electron chi connectivity index (χ2n) is 7.65. The Labute approximate surface area is 163 Å². The third-order valence-corrected chi connectivity index (χ3v) is 11.1. The summed E-state index contributed by atoms with van der Waals surface area (Å²) in [6.07, 6.45) is 23.0. The molecule has 0 aliphatic carbocycles. The maximum atomic E-state index is 4.29. The van der Waals surface area contributed by atoms with E-state index in [9.17, 15) is 0 Å². The van der Waals surface area contributed by atoms with Gasteiger partial charge in [0.15, 0.2) is 0 Å². The standard InChI is InChI=1S/C22H47BrS/c1-4-7-10-13-16-19-22-24(23,20-17-14-11-8-5-2)21-18-15-12-9-6-3/h4-22H2,1-3H3. The summed E-state index contributed by atoms with van der Waals surface area (Å²) in [6, 6.07) is 0. The van der Waals surface area contributed by atoms with Crippen LogP contribution in [0.3, 0.4) is 0 Å². The Kier molecular flexibility index (Phi) is 19.3. The van der Waals surface area contributed by atoms with Crippen LogP contribution >= 0.6 is 23.3 Å². The molecule has 24 heavy (non-hydrogen) atoms. The van der Waals surface area contributed by atoms with Gasteiger partial charge < -0.3 is 0 Å². The number of rotatable bonds is 19. The molecule has 0 saturated carbocycles. The maximum Gasteiger partial charge on any atom is -0.0136 e. The Morgan fingerprint density at radius 3 is 0.958 bits per heavy atom. The first-order valence-electron chi connectivity index (χ1n) is 11.1. The predicted octanol–water partition coefficient (Wildman–Crippen LogP) is 9.40. The zero-order valence-electron chi connectivity index (χ0n) is 17.2. The smallest absolute Gasteiger partial charge is 0.0136 e. The molecule has 0 heterocycles. The van der Waals surface area contributed by atoms with Gasteiger partial charge in [-0.1, -0.05) is 104 Å². The van der Waals surface area contributed by atoms with Gasteiger partial charge in [0.1, 0.15) is 0 Å². The summed E-state index contributed by atoms with van der Waals surface area (Å²) in [4.78, 5) is 0. The van der Waals surface area contributed by atoms with Crippen LogP contribution in [-0.4, -0.2) is 17.3 Å². The van der Waals surface area contributed by atoms with Crippen LogP contribution in [0.25, 0.3) is 0 Å². The molecule has 148 valence electrons. The topological polar surface area (TPSA) is 0 Å². The van der Waals surface area contributed by atoms with E-state index in [1.807, 2.05) is 0 Å². The molecule has 0 aliphatic rings. The quantitative estimate of drug-likeness (QED) is 0.181. The molecule has 2 heteroatoms. The predicted molar refractivity (Wildman–Crippen MR) is 122 cm³/mol. The molecule has 0 fully saturated rings. The summed E-state index contributed by atoms with van der Waals surface area (Å²) in [5.74, 6) is 4.46. The van der Waals surface area contributed by atoms with Crippen molar-refractivity contribution in [2.45, 2.75) is 124 Å². The number of hydrogen-bond donors (Lipinski definition) is 0. The molecule has 0 aromatic carbocycles. The Bertz CT molecular complexity index is 228. The van der Waals surface area contributed by atoms with Crippen molar-refractivity contribution in [1.29, 1.82) is 0 Å². The SMILES string of the molecule is CCCCCCCCS(Br)(CCCCCCC)CCCCCCC. The Morgan fingerprint density at radius 1 is 0.417 bits per heavy atom. The summed E-state index contributed by atoms with van der Waals surface area (Å²) in [5.41, 5.74) is 0.